The van der Waals surface area contributed by atoms with Crippen LogP contribution in [0.15, 0.2) is 194 Å². The predicted octanol–water partition coefficient (Wildman–Crippen LogP) is 16.3. The third kappa shape index (κ3) is 8.01. The van der Waals surface area contributed by atoms with Gasteiger partial charge in [0.1, 0.15) is 11.6 Å². The van der Waals surface area contributed by atoms with E-state index in [-0.39, 0.29) is 11.0 Å². The molecule has 0 unspecified atom stereocenters. The molecule has 0 aliphatic carbocycles. The number of ether oxygens (including phenoxy) is 1. The number of methoxy groups -OCH3 is 1. The van der Waals surface area contributed by atoms with Crippen LogP contribution < -0.4 is 4.74 Å². The highest BCUT2D eigenvalue weighted by Crippen LogP contribution is 2.44. The Labute approximate surface area is 393 Å². The lowest BCUT2D eigenvalue weighted by Crippen LogP contribution is -2.11. The highest BCUT2D eigenvalue weighted by atomic mass is 16.5. The van der Waals surface area contributed by atoms with E-state index in [1.165, 1.54) is 16.7 Å². The normalized spacial score (nSPS) is 12.4. The maximum Gasteiger partial charge on any atom is 0.149 e. The van der Waals surface area contributed by atoms with Crippen LogP contribution in [-0.4, -0.2) is 21.6 Å². The molecule has 0 aliphatic rings. The molecule has 66 heavy (non-hydrogen) atoms. The minimum Gasteiger partial charge on any atom is -0.496 e. The van der Waals surface area contributed by atoms with Crippen LogP contribution in [0, 0.1) is 20.7 Å². The molecule has 2 heterocycles. The Bertz CT molecular complexity index is 3500. The zero-order chi connectivity index (χ0) is 48.0. The Morgan fingerprint density at radius 2 is 1.12 bits per heavy atom. The molecule has 0 atom stereocenters. The number of nitrogens with zero attached hydrogens (tertiary/aromatic N) is 3. The quantitative estimate of drug-likeness (QED) is 0.145. The van der Waals surface area contributed by atoms with E-state index >= 15 is 0 Å². The van der Waals surface area contributed by atoms with Crippen LogP contribution in [0.25, 0.3) is 95.0 Å². The molecular formula is C62H53N3O. The molecule has 4 nitrogen and oxygen atoms in total. The number of aryl methyl sites for hydroxylation is 3. The summed E-state index contributed by atoms with van der Waals surface area (Å²) in [6.45, 7) is 8.48. The fraction of sp³-hybridized carbons (Fsp3) is 0.129. The lowest BCUT2D eigenvalue weighted by atomic mass is 9.83. The Kier molecular flexibility index (Phi) is 10.1. The molecule has 2 aromatic heterocycles. The van der Waals surface area contributed by atoms with Crippen LogP contribution in [0.5, 0.6) is 5.75 Å². The van der Waals surface area contributed by atoms with Crippen LogP contribution in [0.4, 0.5) is 0 Å². The first-order valence-corrected chi connectivity index (χ1v) is 22.5. The fourth-order valence-electron chi connectivity index (χ4n) is 9.24. The number of hydrogen-bond donors (Lipinski definition) is 0. The zero-order valence-corrected chi connectivity index (χ0v) is 38.2. The van der Waals surface area contributed by atoms with E-state index in [0.29, 0.717) is 11.4 Å². The molecule has 0 fully saturated rings. The van der Waals surface area contributed by atoms with Crippen LogP contribution >= 0.6 is 0 Å². The van der Waals surface area contributed by atoms with Gasteiger partial charge in [-0.05, 0) is 141 Å². The number of para-hydroxylation sites is 1. The molecule has 10 rings (SSSR count). The van der Waals surface area contributed by atoms with Gasteiger partial charge in [0.2, 0.25) is 0 Å². The van der Waals surface area contributed by atoms with Crippen molar-refractivity contribution in [3.05, 3.63) is 217 Å². The third-order valence-corrected chi connectivity index (χ3v) is 12.6. The molecule has 0 aliphatic heterocycles. The van der Waals surface area contributed by atoms with E-state index in [1.54, 1.807) is 7.11 Å². The monoisotopic (exact) mass is 858 g/mol. The first-order chi connectivity index (χ1) is 33.2. The number of imidazole rings is 1. The van der Waals surface area contributed by atoms with Crippen molar-refractivity contribution in [1.29, 1.82) is 0 Å². The largest absolute Gasteiger partial charge is 0.496 e. The van der Waals surface area contributed by atoms with Crippen LogP contribution in [-0.2, 0) is 5.41 Å². The van der Waals surface area contributed by atoms with Gasteiger partial charge >= 0.3 is 0 Å². The molecule has 8 aromatic carbocycles. The van der Waals surface area contributed by atoms with E-state index in [2.05, 4.69) is 148 Å². The number of pyridine rings is 1. The Hall–Kier alpha value is -7.82. The highest BCUT2D eigenvalue weighted by Gasteiger charge is 2.25. The molecule has 322 valence electrons. The number of hydrogen-bond acceptors (Lipinski definition) is 3. The molecule has 10 aromatic rings. The van der Waals surface area contributed by atoms with Crippen molar-refractivity contribution in [2.75, 3.05) is 7.11 Å². The van der Waals surface area contributed by atoms with Gasteiger partial charge in [-0.3, -0.25) is 9.55 Å². The second-order valence-electron chi connectivity index (χ2n) is 18.2. The van der Waals surface area contributed by atoms with E-state index in [1.807, 2.05) is 85.1 Å². The maximum atomic E-state index is 8.83. The summed E-state index contributed by atoms with van der Waals surface area (Å²) in [5.41, 5.74) is 18.1. The summed E-state index contributed by atoms with van der Waals surface area (Å²) >= 11 is 0. The first kappa shape index (κ1) is 38.6. The summed E-state index contributed by atoms with van der Waals surface area (Å²) in [5.74, 6) is 1.40. The standard InChI is InChI=1S/C62H53N3O/c1-40-32-42(3)60(66-7)55(33-40)61-64-59-52(24-17-25-57(59)65(61)58-39-53(46-20-13-9-14-21-46)41(2)34-54(58)47-22-15-10-16-23-47)49-35-50(37-51(36-49)62(4,5)6)56-38-48(30-31-63-56)45-28-26-44(27-29-45)43-18-11-8-12-19-43/h8-39H,1-7H3/i2D3. The van der Waals surface area contributed by atoms with Gasteiger partial charge in [0.05, 0.1) is 35.1 Å². The van der Waals surface area contributed by atoms with Gasteiger partial charge in [-0.2, -0.15) is 0 Å². The van der Waals surface area contributed by atoms with Crippen molar-refractivity contribution in [1.82, 2.24) is 14.5 Å². The molecule has 4 heteroatoms. The van der Waals surface area contributed by atoms with E-state index in [0.717, 1.165) is 89.4 Å². The maximum absolute atomic E-state index is 8.83. The molecular weight excluding hydrogens is 803 g/mol. The minimum atomic E-state index is -2.39. The Balaban J connectivity index is 1.23. The minimum absolute atomic E-state index is 0.191. The van der Waals surface area contributed by atoms with Gasteiger partial charge in [-0.25, -0.2) is 4.98 Å². The van der Waals surface area contributed by atoms with Crippen molar-refractivity contribution in [2.45, 2.75) is 46.9 Å². The topological polar surface area (TPSA) is 39.9 Å². The molecule has 0 spiro atoms. The van der Waals surface area contributed by atoms with Gasteiger partial charge in [0.25, 0.3) is 0 Å². The fourth-order valence-corrected chi connectivity index (χ4v) is 9.24. The van der Waals surface area contributed by atoms with Gasteiger partial charge in [0.15, 0.2) is 0 Å². The van der Waals surface area contributed by atoms with Crippen LogP contribution in [0.3, 0.4) is 0 Å². The molecule has 0 N–H and O–H groups in total. The second kappa shape index (κ2) is 17.3. The smallest absolute Gasteiger partial charge is 0.149 e. The number of fused-ring (bicyclic) bond motifs is 1. The molecule has 0 bridgehead atoms. The van der Waals surface area contributed by atoms with Crippen LogP contribution in [0.1, 0.15) is 47.1 Å². The van der Waals surface area contributed by atoms with Crippen molar-refractivity contribution >= 4 is 11.0 Å². The van der Waals surface area contributed by atoms with Crippen molar-refractivity contribution in [3.63, 3.8) is 0 Å². The van der Waals surface area contributed by atoms with Gasteiger partial charge < -0.3 is 4.74 Å². The summed E-state index contributed by atoms with van der Waals surface area (Å²) < 4.78 is 34.9. The van der Waals surface area contributed by atoms with Crippen molar-refractivity contribution in [3.8, 4) is 89.7 Å². The summed E-state index contributed by atoms with van der Waals surface area (Å²) in [5, 5.41) is 0. The SMILES string of the molecule is [2H]C([2H])([2H])c1cc(-c2ccccc2)c(-n2c(-c3cc(C)cc(C)c3OC)nc3c(-c4cc(-c5cc(-c6ccc(-c7ccccc7)cc6)ccn5)cc(C(C)(C)C)c4)cccc32)cc1-c1ccccc1. The van der Waals surface area contributed by atoms with E-state index in [9.17, 15) is 0 Å². The summed E-state index contributed by atoms with van der Waals surface area (Å²) in [6.07, 6.45) is 1.90. The Morgan fingerprint density at radius 1 is 0.500 bits per heavy atom. The first-order valence-electron chi connectivity index (χ1n) is 24.0. The third-order valence-electron chi connectivity index (χ3n) is 12.6. The molecule has 0 saturated carbocycles. The van der Waals surface area contributed by atoms with E-state index < -0.39 is 6.85 Å². The lowest BCUT2D eigenvalue weighted by molar-refractivity contribution is 0.413. The highest BCUT2D eigenvalue weighted by molar-refractivity contribution is 5.98. The Morgan fingerprint density at radius 3 is 1.77 bits per heavy atom. The second-order valence-corrected chi connectivity index (χ2v) is 18.2. The van der Waals surface area contributed by atoms with Gasteiger partial charge in [-0.15, -0.1) is 0 Å². The zero-order valence-electron chi connectivity index (χ0n) is 41.2. The number of aromatic nitrogens is 3. The predicted molar refractivity (Wildman–Crippen MR) is 276 cm³/mol. The summed E-state index contributed by atoms with van der Waals surface area (Å²) in [4.78, 5) is 10.6. The lowest BCUT2D eigenvalue weighted by Gasteiger charge is -2.22. The van der Waals surface area contributed by atoms with Crippen LogP contribution in [0.2, 0.25) is 0 Å². The molecule has 0 saturated heterocycles. The number of rotatable bonds is 9. The number of benzene rings is 8. The van der Waals surface area contributed by atoms with Gasteiger partial charge in [-0.1, -0.05) is 160 Å². The molecule has 0 amide bonds. The average molecular weight is 859 g/mol. The average Bonchev–Trinajstić information content (AvgIpc) is 3.76. The summed E-state index contributed by atoms with van der Waals surface area (Å²) in [7, 11) is 1.70. The van der Waals surface area contributed by atoms with Gasteiger partial charge in [0, 0.05) is 27.0 Å². The van der Waals surface area contributed by atoms with Crippen molar-refractivity contribution < 1.29 is 8.85 Å². The summed E-state index contributed by atoms with van der Waals surface area (Å²) in [6, 6.07) is 64.5. The van der Waals surface area contributed by atoms with Crippen molar-refractivity contribution in [2.24, 2.45) is 0 Å². The molecule has 0 radical (unpaired) electrons. The van der Waals surface area contributed by atoms with E-state index in [4.69, 9.17) is 18.8 Å².